The van der Waals surface area contributed by atoms with Crippen molar-refractivity contribution in [1.82, 2.24) is 9.88 Å². The molecule has 1 heterocycles. The SMILES string of the molecule is CCCCN(C)C(=O)c1cncc(C(=O)Nc2c(Cl)cccc2Cl)c1. The molecule has 2 aromatic rings. The van der Waals surface area contributed by atoms with Crippen LogP contribution in [0.15, 0.2) is 36.7 Å². The van der Waals surface area contributed by atoms with Crippen LogP contribution < -0.4 is 5.32 Å². The van der Waals surface area contributed by atoms with Crippen molar-refractivity contribution in [3.05, 3.63) is 57.8 Å². The van der Waals surface area contributed by atoms with Crippen molar-refractivity contribution in [2.45, 2.75) is 19.8 Å². The number of hydrogen-bond donors (Lipinski definition) is 1. The number of hydrogen-bond acceptors (Lipinski definition) is 3. The number of aromatic nitrogens is 1. The Morgan fingerprint density at radius 1 is 1.16 bits per heavy atom. The quantitative estimate of drug-likeness (QED) is 0.802. The Morgan fingerprint density at radius 2 is 1.80 bits per heavy atom. The number of benzene rings is 1. The van der Waals surface area contributed by atoms with Crippen LogP contribution in [0.25, 0.3) is 0 Å². The fraction of sp³-hybridized carbons (Fsp3) is 0.278. The van der Waals surface area contributed by atoms with Gasteiger partial charge in [0.05, 0.1) is 26.9 Å². The maximum atomic E-state index is 12.4. The second-order valence-electron chi connectivity index (χ2n) is 5.59. The smallest absolute Gasteiger partial charge is 0.257 e. The van der Waals surface area contributed by atoms with Gasteiger partial charge in [0, 0.05) is 26.0 Å². The van der Waals surface area contributed by atoms with E-state index in [9.17, 15) is 9.59 Å². The fourth-order valence-electron chi connectivity index (χ4n) is 2.20. The lowest BCUT2D eigenvalue weighted by Gasteiger charge is -2.17. The molecule has 0 aliphatic rings. The molecule has 0 radical (unpaired) electrons. The molecule has 5 nitrogen and oxygen atoms in total. The van der Waals surface area contributed by atoms with Crippen LogP contribution in [0.1, 0.15) is 40.5 Å². The standard InChI is InChI=1S/C18H19Cl2N3O2/c1-3-4-8-23(2)18(25)13-9-12(10-21-11-13)17(24)22-16-14(19)6-5-7-15(16)20/h5-7,9-11H,3-4,8H2,1-2H3,(H,22,24). The lowest BCUT2D eigenvalue weighted by Crippen LogP contribution is -2.28. The predicted octanol–water partition coefficient (Wildman–Crippen LogP) is 4.51. The minimum absolute atomic E-state index is 0.175. The maximum absolute atomic E-state index is 12.4. The van der Waals surface area contributed by atoms with Gasteiger partial charge in [-0.3, -0.25) is 14.6 Å². The highest BCUT2D eigenvalue weighted by Gasteiger charge is 2.16. The zero-order valence-electron chi connectivity index (χ0n) is 14.1. The highest BCUT2D eigenvalue weighted by Crippen LogP contribution is 2.30. The molecule has 132 valence electrons. The van der Waals surface area contributed by atoms with Crippen molar-refractivity contribution in [2.75, 3.05) is 18.9 Å². The van der Waals surface area contributed by atoms with Gasteiger partial charge in [-0.2, -0.15) is 0 Å². The minimum atomic E-state index is -0.437. The lowest BCUT2D eigenvalue weighted by atomic mass is 10.1. The van der Waals surface area contributed by atoms with E-state index >= 15 is 0 Å². The van der Waals surface area contributed by atoms with Gasteiger partial charge in [-0.05, 0) is 24.6 Å². The monoisotopic (exact) mass is 379 g/mol. The molecule has 0 aliphatic carbocycles. The summed E-state index contributed by atoms with van der Waals surface area (Å²) in [4.78, 5) is 30.5. The van der Waals surface area contributed by atoms with E-state index in [1.54, 1.807) is 30.1 Å². The topological polar surface area (TPSA) is 62.3 Å². The number of nitrogens with zero attached hydrogens (tertiary/aromatic N) is 2. The van der Waals surface area contributed by atoms with Gasteiger partial charge in [0.2, 0.25) is 0 Å². The first-order chi connectivity index (χ1) is 11.9. The van der Waals surface area contributed by atoms with Gasteiger partial charge in [0.15, 0.2) is 0 Å². The number of pyridine rings is 1. The number of carbonyl (C=O) groups is 2. The molecule has 0 unspecified atom stereocenters. The molecule has 0 saturated carbocycles. The van der Waals surface area contributed by atoms with Crippen molar-refractivity contribution < 1.29 is 9.59 Å². The van der Waals surface area contributed by atoms with E-state index in [4.69, 9.17) is 23.2 Å². The summed E-state index contributed by atoms with van der Waals surface area (Å²) >= 11 is 12.1. The van der Waals surface area contributed by atoms with E-state index in [2.05, 4.69) is 17.2 Å². The van der Waals surface area contributed by atoms with Gasteiger partial charge < -0.3 is 10.2 Å². The number of carbonyl (C=O) groups excluding carboxylic acids is 2. The number of nitrogens with one attached hydrogen (secondary N) is 1. The van der Waals surface area contributed by atoms with E-state index in [0.29, 0.717) is 27.8 Å². The summed E-state index contributed by atoms with van der Waals surface area (Å²) in [6.45, 7) is 2.71. The molecule has 0 aliphatic heterocycles. The average molecular weight is 380 g/mol. The van der Waals surface area contributed by atoms with Crippen LogP contribution in [0.4, 0.5) is 5.69 Å². The third kappa shape index (κ3) is 4.94. The number of para-hydroxylation sites is 1. The van der Waals surface area contributed by atoms with Gasteiger partial charge >= 0.3 is 0 Å². The van der Waals surface area contributed by atoms with E-state index in [1.165, 1.54) is 18.5 Å². The first kappa shape index (κ1) is 19.2. The van der Waals surface area contributed by atoms with Gasteiger partial charge in [-0.15, -0.1) is 0 Å². The second kappa shape index (κ2) is 8.83. The Labute approximate surface area is 157 Å². The maximum Gasteiger partial charge on any atom is 0.257 e. The molecule has 1 aromatic heterocycles. The molecule has 0 spiro atoms. The molecule has 1 N–H and O–H groups in total. The van der Waals surface area contributed by atoms with E-state index in [0.717, 1.165) is 12.8 Å². The van der Waals surface area contributed by atoms with Crippen LogP contribution in [-0.4, -0.2) is 35.3 Å². The molecule has 25 heavy (non-hydrogen) atoms. The van der Waals surface area contributed by atoms with Gasteiger partial charge in [-0.25, -0.2) is 0 Å². The summed E-state index contributed by atoms with van der Waals surface area (Å²) in [7, 11) is 1.73. The summed E-state index contributed by atoms with van der Waals surface area (Å²) in [5, 5.41) is 3.32. The number of anilines is 1. The summed E-state index contributed by atoms with van der Waals surface area (Å²) in [6, 6.07) is 6.46. The number of rotatable bonds is 6. The number of unbranched alkanes of at least 4 members (excludes halogenated alkanes) is 1. The van der Waals surface area contributed by atoms with Crippen LogP contribution >= 0.6 is 23.2 Å². The molecule has 2 rings (SSSR count). The van der Waals surface area contributed by atoms with Crippen molar-refractivity contribution in [3.8, 4) is 0 Å². The van der Waals surface area contributed by atoms with Crippen LogP contribution in [0.3, 0.4) is 0 Å². The van der Waals surface area contributed by atoms with Gasteiger partial charge in [-0.1, -0.05) is 42.6 Å². The highest BCUT2D eigenvalue weighted by atomic mass is 35.5. The molecule has 1 aromatic carbocycles. The summed E-state index contributed by atoms with van der Waals surface area (Å²) in [6.07, 6.45) is 4.75. The average Bonchev–Trinajstić information content (AvgIpc) is 2.62. The van der Waals surface area contributed by atoms with Gasteiger partial charge in [0.1, 0.15) is 0 Å². The Kier molecular flexibility index (Phi) is 6.79. The fourth-order valence-corrected chi connectivity index (χ4v) is 2.69. The summed E-state index contributed by atoms with van der Waals surface area (Å²) < 4.78 is 0. The van der Waals surface area contributed by atoms with Crippen molar-refractivity contribution in [3.63, 3.8) is 0 Å². The molecule has 2 amide bonds. The van der Waals surface area contributed by atoms with Crippen molar-refractivity contribution in [1.29, 1.82) is 0 Å². The van der Waals surface area contributed by atoms with E-state index < -0.39 is 5.91 Å². The Balaban J connectivity index is 2.18. The minimum Gasteiger partial charge on any atom is -0.342 e. The Bertz CT molecular complexity index is 760. The first-order valence-electron chi connectivity index (χ1n) is 7.90. The molecule has 0 atom stereocenters. The largest absolute Gasteiger partial charge is 0.342 e. The van der Waals surface area contributed by atoms with Crippen molar-refractivity contribution >= 4 is 40.7 Å². The molecular formula is C18H19Cl2N3O2. The zero-order chi connectivity index (χ0) is 18.4. The summed E-state index contributed by atoms with van der Waals surface area (Å²) in [5.74, 6) is -0.611. The molecule has 0 saturated heterocycles. The first-order valence-corrected chi connectivity index (χ1v) is 8.65. The second-order valence-corrected chi connectivity index (χ2v) is 6.41. The zero-order valence-corrected chi connectivity index (χ0v) is 15.6. The highest BCUT2D eigenvalue weighted by molar-refractivity contribution is 6.40. The predicted molar refractivity (Wildman–Crippen MR) is 101 cm³/mol. The third-order valence-corrected chi connectivity index (χ3v) is 4.27. The molecule has 0 bridgehead atoms. The molecular weight excluding hydrogens is 361 g/mol. The van der Waals surface area contributed by atoms with Crippen LogP contribution in [0.5, 0.6) is 0 Å². The van der Waals surface area contributed by atoms with E-state index in [-0.39, 0.29) is 11.5 Å². The van der Waals surface area contributed by atoms with E-state index in [1.807, 2.05) is 0 Å². The third-order valence-electron chi connectivity index (χ3n) is 3.64. The number of amides is 2. The number of halogens is 2. The molecule has 0 fully saturated rings. The van der Waals surface area contributed by atoms with Crippen LogP contribution in [-0.2, 0) is 0 Å². The normalized spacial score (nSPS) is 10.4. The Hall–Kier alpha value is -2.11. The van der Waals surface area contributed by atoms with Gasteiger partial charge in [0.25, 0.3) is 11.8 Å². The van der Waals surface area contributed by atoms with Crippen LogP contribution in [0, 0.1) is 0 Å². The van der Waals surface area contributed by atoms with Crippen molar-refractivity contribution in [2.24, 2.45) is 0 Å². The summed E-state index contributed by atoms with van der Waals surface area (Å²) in [5.41, 5.74) is 0.940. The van der Waals surface area contributed by atoms with Crippen LogP contribution in [0.2, 0.25) is 10.0 Å². The lowest BCUT2D eigenvalue weighted by molar-refractivity contribution is 0.0793. The molecule has 7 heteroatoms. The Morgan fingerprint density at radius 3 is 2.44 bits per heavy atom.